The number of aromatic nitrogens is 3. The van der Waals surface area contributed by atoms with Gasteiger partial charge in [0, 0.05) is 56.2 Å². The predicted octanol–water partition coefficient (Wildman–Crippen LogP) is 4.27. The lowest BCUT2D eigenvalue weighted by Gasteiger charge is -2.35. The molecule has 2 amide bonds. The van der Waals surface area contributed by atoms with Crippen LogP contribution in [0.1, 0.15) is 53.4 Å². The Bertz CT molecular complexity index is 1830. The molecule has 1 saturated heterocycles. The van der Waals surface area contributed by atoms with Gasteiger partial charge >= 0.3 is 0 Å². The van der Waals surface area contributed by atoms with E-state index in [4.69, 9.17) is 0 Å². The summed E-state index contributed by atoms with van der Waals surface area (Å²) in [6.07, 6.45) is 1.75. The van der Waals surface area contributed by atoms with Crippen molar-refractivity contribution in [3.05, 3.63) is 79.9 Å². The molecule has 0 atom stereocenters. The Balaban J connectivity index is 1.25. The van der Waals surface area contributed by atoms with Gasteiger partial charge in [-0.1, -0.05) is 32.9 Å². The molecule has 0 saturated carbocycles. The number of rotatable bonds is 6. The lowest BCUT2D eigenvalue weighted by atomic mass is 9.94. The number of carbonyl (C=O) groups excluding carboxylic acids is 2. The average Bonchev–Trinajstić information content (AvgIpc) is 3.59. The Morgan fingerprint density at radius 3 is 2.44 bits per heavy atom. The molecule has 11 nitrogen and oxygen atoms in total. The Labute approximate surface area is 265 Å². The molecule has 2 N–H and O–H groups in total. The maximum atomic E-state index is 13.5. The van der Waals surface area contributed by atoms with Crippen molar-refractivity contribution in [2.45, 2.75) is 46.3 Å². The van der Waals surface area contributed by atoms with Gasteiger partial charge in [-0.15, -0.1) is 11.3 Å². The number of anilines is 4. The molecule has 0 aliphatic carbocycles. The molecule has 4 aromatic rings. The average molecular weight is 628 g/mol. The van der Waals surface area contributed by atoms with Crippen LogP contribution in [0.3, 0.4) is 0 Å². The van der Waals surface area contributed by atoms with E-state index in [0.29, 0.717) is 48.0 Å². The summed E-state index contributed by atoms with van der Waals surface area (Å²) in [4.78, 5) is 50.4. The van der Waals surface area contributed by atoms with Crippen molar-refractivity contribution in [1.29, 1.82) is 0 Å². The third kappa shape index (κ3) is 5.83. The van der Waals surface area contributed by atoms with Gasteiger partial charge in [0.15, 0.2) is 0 Å². The first kappa shape index (κ1) is 30.5. The zero-order valence-corrected chi connectivity index (χ0v) is 26.9. The minimum Gasteiger partial charge on any atom is -0.392 e. The van der Waals surface area contributed by atoms with E-state index in [1.165, 1.54) is 20.9 Å². The molecule has 0 bridgehead atoms. The first-order chi connectivity index (χ1) is 21.4. The van der Waals surface area contributed by atoms with Crippen LogP contribution in [0, 0.1) is 0 Å². The lowest BCUT2D eigenvalue weighted by molar-refractivity contribution is -0.129. The highest BCUT2D eigenvalue weighted by Crippen LogP contribution is 2.41. The fraction of sp³-hybridized carbons (Fsp3) is 0.364. The summed E-state index contributed by atoms with van der Waals surface area (Å²) in [5, 5.41) is 18.2. The summed E-state index contributed by atoms with van der Waals surface area (Å²) in [5.41, 5.74) is 4.11. The summed E-state index contributed by atoms with van der Waals surface area (Å²) in [5.74, 6) is 0.498. The first-order valence-electron chi connectivity index (χ1n) is 14.9. The Morgan fingerprint density at radius 2 is 1.82 bits per heavy atom. The predicted molar refractivity (Wildman–Crippen MR) is 176 cm³/mol. The van der Waals surface area contributed by atoms with Crippen molar-refractivity contribution in [2.24, 2.45) is 7.05 Å². The SMILES string of the molecule is CC(=O)N1CCN(c2ccc(Nc3cc(-c4cccc(N5Cc6cc(C(C)(C)C)sc6C5=O)c4CO)nn(C)c3=O)nc2)CC1. The van der Waals surface area contributed by atoms with Gasteiger partial charge in [-0.2, -0.15) is 5.10 Å². The molecule has 1 aromatic carbocycles. The molecule has 45 heavy (non-hydrogen) atoms. The van der Waals surface area contributed by atoms with Crippen LogP contribution >= 0.6 is 11.3 Å². The normalized spacial score (nSPS) is 15.1. The van der Waals surface area contributed by atoms with E-state index in [1.807, 2.05) is 35.2 Å². The van der Waals surface area contributed by atoms with Gasteiger partial charge in [-0.05, 0) is 41.3 Å². The van der Waals surface area contributed by atoms with Gasteiger partial charge in [-0.25, -0.2) is 9.67 Å². The summed E-state index contributed by atoms with van der Waals surface area (Å²) >= 11 is 1.53. The number of piperazine rings is 1. The van der Waals surface area contributed by atoms with Crippen LogP contribution in [0.2, 0.25) is 0 Å². The van der Waals surface area contributed by atoms with Crippen molar-refractivity contribution in [2.75, 3.05) is 41.3 Å². The highest BCUT2D eigenvalue weighted by Gasteiger charge is 2.34. The third-order valence-electron chi connectivity index (χ3n) is 8.36. The molecule has 2 aliphatic heterocycles. The molecule has 234 valence electrons. The fourth-order valence-electron chi connectivity index (χ4n) is 5.78. The van der Waals surface area contributed by atoms with E-state index in [9.17, 15) is 19.5 Å². The maximum Gasteiger partial charge on any atom is 0.290 e. The number of hydrogen-bond donors (Lipinski definition) is 2. The maximum absolute atomic E-state index is 13.5. The molecule has 0 radical (unpaired) electrons. The van der Waals surface area contributed by atoms with Gasteiger partial charge < -0.3 is 25.1 Å². The molecular formula is C33H37N7O4S. The molecule has 12 heteroatoms. The van der Waals surface area contributed by atoms with Gasteiger partial charge in [0.05, 0.1) is 41.3 Å². The fourth-order valence-corrected chi connectivity index (χ4v) is 6.96. The number of aliphatic hydroxyl groups excluding tert-OH is 1. The van der Waals surface area contributed by atoms with E-state index in [0.717, 1.165) is 29.2 Å². The lowest BCUT2D eigenvalue weighted by Crippen LogP contribution is -2.48. The number of aryl methyl sites for hydroxylation is 1. The number of nitrogens with one attached hydrogen (secondary N) is 1. The second-order valence-corrected chi connectivity index (χ2v) is 13.5. The summed E-state index contributed by atoms with van der Waals surface area (Å²) in [6, 6.07) is 13.0. The van der Waals surface area contributed by atoms with Crippen molar-refractivity contribution in [3.63, 3.8) is 0 Å². The van der Waals surface area contributed by atoms with Crippen molar-refractivity contribution in [1.82, 2.24) is 19.7 Å². The zero-order valence-electron chi connectivity index (χ0n) is 26.1. The molecule has 3 aromatic heterocycles. The number of pyridine rings is 1. The van der Waals surface area contributed by atoms with E-state index >= 15 is 0 Å². The molecule has 1 fully saturated rings. The largest absolute Gasteiger partial charge is 0.392 e. The second-order valence-electron chi connectivity index (χ2n) is 12.5. The highest BCUT2D eigenvalue weighted by molar-refractivity contribution is 7.14. The van der Waals surface area contributed by atoms with Crippen molar-refractivity contribution >= 4 is 46.0 Å². The monoisotopic (exact) mass is 627 g/mol. The van der Waals surface area contributed by atoms with Crippen LogP contribution < -0.4 is 20.7 Å². The van der Waals surface area contributed by atoms with Crippen molar-refractivity contribution < 1.29 is 14.7 Å². The number of amides is 2. The number of aliphatic hydroxyl groups is 1. The minimum absolute atomic E-state index is 0.0402. The Morgan fingerprint density at radius 1 is 1.07 bits per heavy atom. The van der Waals surface area contributed by atoms with E-state index < -0.39 is 0 Å². The Hall–Kier alpha value is -4.55. The highest BCUT2D eigenvalue weighted by atomic mass is 32.1. The van der Waals surface area contributed by atoms with E-state index in [2.05, 4.69) is 47.1 Å². The third-order valence-corrected chi connectivity index (χ3v) is 9.95. The Kier molecular flexibility index (Phi) is 7.96. The number of hydrogen-bond acceptors (Lipinski definition) is 9. The molecule has 2 aliphatic rings. The summed E-state index contributed by atoms with van der Waals surface area (Å²) < 4.78 is 1.25. The van der Waals surface area contributed by atoms with Crippen LogP contribution in [0.25, 0.3) is 11.3 Å². The number of carbonyl (C=O) groups is 2. The van der Waals surface area contributed by atoms with Crippen LogP contribution in [-0.2, 0) is 30.4 Å². The number of fused-ring (bicyclic) bond motifs is 1. The molecular weight excluding hydrogens is 590 g/mol. The molecule has 5 heterocycles. The van der Waals surface area contributed by atoms with Crippen molar-refractivity contribution in [3.8, 4) is 11.3 Å². The zero-order chi connectivity index (χ0) is 32.0. The van der Waals surface area contributed by atoms with Gasteiger partial charge in [-0.3, -0.25) is 14.4 Å². The van der Waals surface area contributed by atoms with Gasteiger partial charge in [0.25, 0.3) is 11.5 Å². The van der Waals surface area contributed by atoms with Crippen LogP contribution in [0.5, 0.6) is 0 Å². The standard InChI is InChI=1S/C33H37N7O4S/c1-20(42)38-11-13-39(14-12-38)22-9-10-29(34-17-22)35-26-16-25(36-37(5)31(26)43)23-7-6-8-27(24(23)19-41)40-18-21-15-28(33(2,3)4)45-30(21)32(40)44/h6-10,15-17,41H,11-14,18-19H2,1-5H3,(H,34,35). The van der Waals surface area contributed by atoms with Crippen LogP contribution in [0.15, 0.2) is 53.5 Å². The minimum atomic E-state index is -0.333. The van der Waals surface area contributed by atoms with Crippen LogP contribution in [0.4, 0.5) is 22.9 Å². The van der Waals surface area contributed by atoms with Gasteiger partial charge in [0.1, 0.15) is 11.5 Å². The molecule has 6 rings (SSSR count). The van der Waals surface area contributed by atoms with E-state index in [1.54, 1.807) is 31.1 Å². The number of benzene rings is 1. The topological polar surface area (TPSA) is 124 Å². The molecule has 0 unspecified atom stereocenters. The quantitative estimate of drug-likeness (QED) is 0.325. The number of nitrogens with zero attached hydrogens (tertiary/aromatic N) is 6. The molecule has 0 spiro atoms. The summed E-state index contributed by atoms with van der Waals surface area (Å²) in [6.45, 7) is 10.9. The first-order valence-corrected chi connectivity index (χ1v) is 15.8. The van der Waals surface area contributed by atoms with Gasteiger partial charge in [0.2, 0.25) is 5.91 Å². The van der Waals surface area contributed by atoms with E-state index in [-0.39, 0.29) is 35.1 Å². The summed E-state index contributed by atoms with van der Waals surface area (Å²) in [7, 11) is 1.57. The van der Waals surface area contributed by atoms with Crippen LogP contribution in [-0.4, -0.2) is 62.8 Å². The second kappa shape index (κ2) is 11.8. The smallest absolute Gasteiger partial charge is 0.290 e. The number of thiophene rings is 1.